The molecule has 0 radical (unpaired) electrons. The van der Waals surface area contributed by atoms with Crippen LogP contribution >= 0.6 is 23.2 Å². The van der Waals surface area contributed by atoms with E-state index in [1.807, 2.05) is 53.4 Å². The van der Waals surface area contributed by atoms with E-state index in [0.29, 0.717) is 0 Å². The summed E-state index contributed by atoms with van der Waals surface area (Å²) in [6, 6.07) is 15.8. The summed E-state index contributed by atoms with van der Waals surface area (Å²) in [5, 5.41) is 1.52. The van der Waals surface area contributed by atoms with Gasteiger partial charge in [0.1, 0.15) is 0 Å². The van der Waals surface area contributed by atoms with Gasteiger partial charge in [-0.3, -0.25) is 4.79 Å². The Labute approximate surface area is 158 Å². The predicted molar refractivity (Wildman–Crippen MR) is 103 cm³/mol. The van der Waals surface area contributed by atoms with E-state index in [1.54, 1.807) is 0 Å². The fourth-order valence-electron chi connectivity index (χ4n) is 3.66. The highest BCUT2D eigenvalue weighted by Crippen LogP contribution is 2.50. The Morgan fingerprint density at radius 2 is 1.60 bits per heavy atom. The van der Waals surface area contributed by atoms with Crippen molar-refractivity contribution < 1.29 is 4.79 Å². The van der Waals surface area contributed by atoms with E-state index in [4.69, 9.17) is 23.2 Å². The molecule has 5 heteroatoms. The van der Waals surface area contributed by atoms with Gasteiger partial charge in [-0.05, 0) is 48.2 Å². The summed E-state index contributed by atoms with van der Waals surface area (Å²) in [6.45, 7) is 3.26. The third kappa shape index (κ3) is 3.49. The van der Waals surface area contributed by atoms with Crippen molar-refractivity contribution in [2.45, 2.75) is 12.3 Å². The first-order valence-electron chi connectivity index (χ1n) is 8.67. The van der Waals surface area contributed by atoms with Gasteiger partial charge in [-0.25, -0.2) is 0 Å². The maximum atomic E-state index is 12.8. The van der Waals surface area contributed by atoms with Crippen LogP contribution in [-0.2, 0) is 4.79 Å². The van der Waals surface area contributed by atoms with Crippen molar-refractivity contribution in [1.82, 2.24) is 4.90 Å². The van der Waals surface area contributed by atoms with E-state index in [9.17, 15) is 4.79 Å². The summed E-state index contributed by atoms with van der Waals surface area (Å²) in [5.74, 6) is 0.665. The van der Waals surface area contributed by atoms with Crippen molar-refractivity contribution in [3.8, 4) is 0 Å². The lowest BCUT2D eigenvalue weighted by Crippen LogP contribution is -2.49. The molecule has 2 atom stereocenters. The van der Waals surface area contributed by atoms with Crippen LogP contribution < -0.4 is 4.90 Å². The van der Waals surface area contributed by atoms with Crippen LogP contribution in [-0.4, -0.2) is 37.0 Å². The normalized spacial score (nSPS) is 22.8. The minimum absolute atomic E-state index is 0.0991. The quantitative estimate of drug-likeness (QED) is 0.792. The topological polar surface area (TPSA) is 23.6 Å². The average Bonchev–Trinajstić information content (AvgIpc) is 3.43. The summed E-state index contributed by atoms with van der Waals surface area (Å²) < 4.78 is 0. The molecular formula is C20H20Cl2N2O. The van der Waals surface area contributed by atoms with Crippen LogP contribution in [0.2, 0.25) is 10.0 Å². The monoisotopic (exact) mass is 374 g/mol. The molecule has 2 aliphatic rings. The maximum Gasteiger partial charge on any atom is 0.226 e. The minimum Gasteiger partial charge on any atom is -0.368 e. The molecule has 2 fully saturated rings. The van der Waals surface area contributed by atoms with Crippen molar-refractivity contribution in [3.05, 3.63) is 64.1 Å². The van der Waals surface area contributed by atoms with Gasteiger partial charge in [-0.15, -0.1) is 0 Å². The number of nitrogens with zero attached hydrogens (tertiary/aromatic N) is 2. The number of carbonyl (C=O) groups excluding carboxylic acids is 1. The minimum atomic E-state index is 0.0991. The molecule has 1 aliphatic heterocycles. The van der Waals surface area contributed by atoms with E-state index in [0.717, 1.165) is 53.9 Å². The fourth-order valence-corrected chi connectivity index (χ4v) is 4.06. The molecule has 0 N–H and O–H groups in total. The van der Waals surface area contributed by atoms with Crippen molar-refractivity contribution in [1.29, 1.82) is 0 Å². The largest absolute Gasteiger partial charge is 0.368 e. The summed E-state index contributed by atoms with van der Waals surface area (Å²) in [6.07, 6.45) is 0.917. The zero-order valence-electron chi connectivity index (χ0n) is 13.9. The van der Waals surface area contributed by atoms with Gasteiger partial charge >= 0.3 is 0 Å². The van der Waals surface area contributed by atoms with E-state index in [-0.39, 0.29) is 17.7 Å². The van der Waals surface area contributed by atoms with Crippen LogP contribution in [0.25, 0.3) is 0 Å². The third-order valence-electron chi connectivity index (χ3n) is 5.20. The number of anilines is 1. The van der Waals surface area contributed by atoms with E-state index in [2.05, 4.69) is 4.90 Å². The number of halogens is 2. The Bertz CT molecular complexity index is 770. The predicted octanol–water partition coefficient (Wildman–Crippen LogP) is 4.45. The fraction of sp³-hybridized carbons (Fsp3) is 0.350. The Hall–Kier alpha value is -1.71. The highest BCUT2D eigenvalue weighted by molar-refractivity contribution is 6.31. The highest BCUT2D eigenvalue weighted by Gasteiger charge is 2.46. The summed E-state index contributed by atoms with van der Waals surface area (Å²) >= 11 is 12.2. The van der Waals surface area contributed by atoms with Crippen LogP contribution in [0.15, 0.2) is 48.5 Å². The van der Waals surface area contributed by atoms with E-state index >= 15 is 0 Å². The lowest BCUT2D eigenvalue weighted by molar-refractivity contribution is -0.132. The summed E-state index contributed by atoms with van der Waals surface area (Å²) in [7, 11) is 0. The number of hydrogen-bond acceptors (Lipinski definition) is 2. The zero-order chi connectivity index (χ0) is 17.4. The van der Waals surface area contributed by atoms with Crippen molar-refractivity contribution >= 4 is 34.8 Å². The van der Waals surface area contributed by atoms with Crippen LogP contribution in [0.3, 0.4) is 0 Å². The van der Waals surface area contributed by atoms with Crippen molar-refractivity contribution in [2.24, 2.45) is 5.92 Å². The SMILES string of the molecule is O=C(C1CC1c1ccccc1Cl)N1CCN(c2ccc(Cl)cc2)CC1. The molecule has 0 bridgehead atoms. The van der Waals surface area contributed by atoms with Crippen molar-refractivity contribution in [2.75, 3.05) is 31.1 Å². The van der Waals surface area contributed by atoms with E-state index in [1.165, 1.54) is 0 Å². The van der Waals surface area contributed by atoms with Gasteiger partial charge in [0.15, 0.2) is 0 Å². The molecule has 2 aromatic rings. The van der Waals surface area contributed by atoms with Crippen LogP contribution in [0.4, 0.5) is 5.69 Å². The molecule has 1 saturated carbocycles. The van der Waals surface area contributed by atoms with Crippen molar-refractivity contribution in [3.63, 3.8) is 0 Å². The van der Waals surface area contributed by atoms with Crippen LogP contribution in [0, 0.1) is 5.92 Å². The Morgan fingerprint density at radius 1 is 0.920 bits per heavy atom. The molecule has 4 rings (SSSR count). The molecule has 2 unspecified atom stereocenters. The van der Waals surface area contributed by atoms with Gasteiger partial charge in [0.2, 0.25) is 5.91 Å². The number of amides is 1. The molecule has 25 heavy (non-hydrogen) atoms. The Morgan fingerprint density at radius 3 is 2.28 bits per heavy atom. The molecule has 0 spiro atoms. The number of rotatable bonds is 3. The first-order valence-corrected chi connectivity index (χ1v) is 9.43. The van der Waals surface area contributed by atoms with Gasteiger partial charge in [0.25, 0.3) is 0 Å². The molecule has 2 aromatic carbocycles. The second-order valence-corrected chi connectivity index (χ2v) is 7.60. The van der Waals surface area contributed by atoms with Gasteiger partial charge in [0, 0.05) is 47.8 Å². The summed E-state index contributed by atoms with van der Waals surface area (Å²) in [4.78, 5) is 17.1. The molecule has 3 nitrogen and oxygen atoms in total. The second kappa shape index (κ2) is 6.89. The van der Waals surface area contributed by atoms with Gasteiger partial charge in [-0.1, -0.05) is 41.4 Å². The highest BCUT2D eigenvalue weighted by atomic mass is 35.5. The molecule has 1 heterocycles. The molecule has 0 aromatic heterocycles. The lowest BCUT2D eigenvalue weighted by atomic mass is 10.1. The van der Waals surface area contributed by atoms with Gasteiger partial charge < -0.3 is 9.80 Å². The zero-order valence-corrected chi connectivity index (χ0v) is 15.4. The molecule has 1 amide bonds. The average molecular weight is 375 g/mol. The number of hydrogen-bond donors (Lipinski definition) is 0. The molecule has 1 saturated heterocycles. The third-order valence-corrected chi connectivity index (χ3v) is 5.79. The second-order valence-electron chi connectivity index (χ2n) is 6.76. The first kappa shape index (κ1) is 16.7. The number of piperazine rings is 1. The maximum absolute atomic E-state index is 12.8. The Kier molecular flexibility index (Phi) is 4.61. The smallest absolute Gasteiger partial charge is 0.226 e. The standard InChI is InChI=1S/C20H20Cl2N2O/c21-14-5-7-15(8-6-14)23-9-11-24(12-10-23)20(25)18-13-17(18)16-3-1-2-4-19(16)22/h1-8,17-18H,9-13H2. The summed E-state index contributed by atoms with van der Waals surface area (Å²) in [5.41, 5.74) is 2.28. The number of carbonyl (C=O) groups is 1. The molecule has 130 valence electrons. The lowest BCUT2D eigenvalue weighted by Gasteiger charge is -2.36. The van der Waals surface area contributed by atoms with Gasteiger partial charge in [-0.2, -0.15) is 0 Å². The number of benzene rings is 2. The van der Waals surface area contributed by atoms with E-state index < -0.39 is 0 Å². The van der Waals surface area contributed by atoms with Crippen LogP contribution in [0.1, 0.15) is 17.9 Å². The first-order chi connectivity index (χ1) is 12.1. The molecule has 1 aliphatic carbocycles. The van der Waals surface area contributed by atoms with Gasteiger partial charge in [0.05, 0.1) is 0 Å². The molecular weight excluding hydrogens is 355 g/mol. The Balaban J connectivity index is 1.35. The van der Waals surface area contributed by atoms with Crippen LogP contribution in [0.5, 0.6) is 0 Å².